The first kappa shape index (κ1) is 19.9. The van der Waals surface area contributed by atoms with Crippen LogP contribution in [0.4, 0.5) is 19.1 Å². The molecule has 0 spiro atoms. The van der Waals surface area contributed by atoms with Gasteiger partial charge in [0.2, 0.25) is 5.95 Å². The number of pyridine rings is 1. The Balaban J connectivity index is 1.65. The van der Waals surface area contributed by atoms with Crippen molar-refractivity contribution in [3.8, 4) is 11.3 Å². The summed E-state index contributed by atoms with van der Waals surface area (Å²) in [6.07, 6.45) is -2.17. The Morgan fingerprint density at radius 1 is 1.20 bits per heavy atom. The smallest absolute Gasteiger partial charge is 0.347 e. The van der Waals surface area contributed by atoms with E-state index in [1.165, 1.54) is 12.3 Å². The maximum Gasteiger partial charge on any atom is 0.435 e. The highest BCUT2D eigenvalue weighted by Gasteiger charge is 2.37. The van der Waals surface area contributed by atoms with Gasteiger partial charge in [-0.3, -0.25) is 9.89 Å². The van der Waals surface area contributed by atoms with E-state index in [-0.39, 0.29) is 22.8 Å². The van der Waals surface area contributed by atoms with Crippen LogP contribution in [0.5, 0.6) is 0 Å². The lowest BCUT2D eigenvalue weighted by atomic mass is 10.1. The SMILES string of the molecule is CC(Nc1nccc(-c2c[nH]nc2C(F)(F)F)n1)c1cc2cc(Cl)ccc2[nH]c1=O. The van der Waals surface area contributed by atoms with Crippen LogP contribution in [-0.4, -0.2) is 25.1 Å². The number of hydrogen-bond donors (Lipinski definition) is 3. The molecule has 0 aliphatic rings. The van der Waals surface area contributed by atoms with E-state index in [4.69, 9.17) is 11.6 Å². The molecule has 1 unspecified atom stereocenters. The minimum Gasteiger partial charge on any atom is -0.347 e. The van der Waals surface area contributed by atoms with E-state index in [0.29, 0.717) is 16.1 Å². The third-order valence-corrected chi connectivity index (χ3v) is 4.72. The third kappa shape index (κ3) is 3.86. The second-order valence-corrected chi connectivity index (χ2v) is 7.00. The summed E-state index contributed by atoms with van der Waals surface area (Å²) in [4.78, 5) is 23.4. The number of aromatic nitrogens is 5. The Kier molecular flexibility index (Phi) is 4.94. The summed E-state index contributed by atoms with van der Waals surface area (Å²) >= 11 is 6.02. The Bertz CT molecular complexity index is 1280. The molecule has 11 heteroatoms. The monoisotopic (exact) mass is 434 g/mol. The molecule has 0 fully saturated rings. The summed E-state index contributed by atoms with van der Waals surface area (Å²) in [7, 11) is 0. The summed E-state index contributed by atoms with van der Waals surface area (Å²) in [6.45, 7) is 1.72. The molecule has 7 nitrogen and oxygen atoms in total. The highest BCUT2D eigenvalue weighted by atomic mass is 35.5. The van der Waals surface area contributed by atoms with Crippen LogP contribution in [0.1, 0.15) is 24.2 Å². The number of anilines is 1. The first-order chi connectivity index (χ1) is 14.2. The van der Waals surface area contributed by atoms with Crippen molar-refractivity contribution in [2.45, 2.75) is 19.1 Å². The molecule has 0 amide bonds. The molecule has 30 heavy (non-hydrogen) atoms. The van der Waals surface area contributed by atoms with Gasteiger partial charge in [0.15, 0.2) is 5.69 Å². The molecule has 0 bridgehead atoms. The van der Waals surface area contributed by atoms with Crippen LogP contribution in [0.15, 0.2) is 47.5 Å². The number of aromatic amines is 2. The fourth-order valence-electron chi connectivity index (χ4n) is 3.07. The average molecular weight is 435 g/mol. The molecular formula is C19H14ClF3N6O. The molecule has 0 aliphatic heterocycles. The second-order valence-electron chi connectivity index (χ2n) is 6.56. The minimum absolute atomic E-state index is 0.0416. The van der Waals surface area contributed by atoms with Crippen LogP contribution in [0, 0.1) is 0 Å². The average Bonchev–Trinajstić information content (AvgIpc) is 3.18. The predicted octanol–water partition coefficient (Wildman–Crippen LogP) is 4.55. The summed E-state index contributed by atoms with van der Waals surface area (Å²) in [6, 6.07) is 7.61. The number of hydrogen-bond acceptors (Lipinski definition) is 5. The van der Waals surface area contributed by atoms with Crippen molar-refractivity contribution in [2.24, 2.45) is 0 Å². The van der Waals surface area contributed by atoms with E-state index < -0.39 is 17.9 Å². The van der Waals surface area contributed by atoms with E-state index in [9.17, 15) is 18.0 Å². The van der Waals surface area contributed by atoms with E-state index in [0.717, 1.165) is 11.6 Å². The quantitative estimate of drug-likeness (QED) is 0.437. The number of nitrogens with one attached hydrogen (secondary N) is 3. The van der Waals surface area contributed by atoms with E-state index >= 15 is 0 Å². The van der Waals surface area contributed by atoms with Gasteiger partial charge in [0.1, 0.15) is 0 Å². The highest BCUT2D eigenvalue weighted by Crippen LogP contribution is 2.34. The molecule has 3 N–H and O–H groups in total. The zero-order chi connectivity index (χ0) is 21.5. The lowest BCUT2D eigenvalue weighted by molar-refractivity contribution is -0.140. The Labute approximate surface area is 172 Å². The van der Waals surface area contributed by atoms with Crippen LogP contribution in [-0.2, 0) is 6.18 Å². The normalized spacial score (nSPS) is 12.8. The molecule has 154 valence electrons. The van der Waals surface area contributed by atoms with Crippen molar-refractivity contribution in [3.63, 3.8) is 0 Å². The number of rotatable bonds is 4. The van der Waals surface area contributed by atoms with E-state index in [2.05, 4.69) is 30.5 Å². The van der Waals surface area contributed by atoms with Gasteiger partial charge in [0.05, 0.1) is 17.3 Å². The van der Waals surface area contributed by atoms with E-state index in [1.54, 1.807) is 31.2 Å². The third-order valence-electron chi connectivity index (χ3n) is 4.49. The van der Waals surface area contributed by atoms with E-state index in [1.807, 2.05) is 0 Å². The Morgan fingerprint density at radius 3 is 2.77 bits per heavy atom. The van der Waals surface area contributed by atoms with Gasteiger partial charge in [-0.25, -0.2) is 9.97 Å². The van der Waals surface area contributed by atoms with Crippen molar-refractivity contribution in [3.05, 3.63) is 69.4 Å². The van der Waals surface area contributed by atoms with Crippen molar-refractivity contribution in [1.82, 2.24) is 25.1 Å². The number of H-pyrrole nitrogens is 2. The zero-order valence-electron chi connectivity index (χ0n) is 15.4. The van der Waals surface area contributed by atoms with Crippen molar-refractivity contribution in [2.75, 3.05) is 5.32 Å². The summed E-state index contributed by atoms with van der Waals surface area (Å²) < 4.78 is 39.3. The molecule has 4 aromatic rings. The van der Waals surface area contributed by atoms with Gasteiger partial charge in [-0.05, 0) is 37.3 Å². The minimum atomic E-state index is -4.62. The zero-order valence-corrected chi connectivity index (χ0v) is 16.1. The van der Waals surface area contributed by atoms with Gasteiger partial charge in [0.25, 0.3) is 5.56 Å². The standard InChI is InChI=1S/C19H14ClF3N6O/c1-9(12-7-10-6-11(20)2-3-14(10)27-17(12)30)26-18-24-5-4-15(28-18)13-8-25-29-16(13)19(21,22)23/h2-9H,1H3,(H,25,29)(H,27,30)(H,24,26,28). The molecule has 0 saturated carbocycles. The number of nitrogens with zero attached hydrogens (tertiary/aromatic N) is 3. The lowest BCUT2D eigenvalue weighted by Crippen LogP contribution is -2.20. The molecule has 0 saturated heterocycles. The number of halogens is 4. The van der Waals surface area contributed by atoms with Crippen molar-refractivity contribution >= 4 is 28.5 Å². The molecule has 0 aliphatic carbocycles. The molecule has 4 rings (SSSR count). The summed E-state index contributed by atoms with van der Waals surface area (Å²) in [5, 5.41) is 9.70. The largest absolute Gasteiger partial charge is 0.435 e. The van der Waals surface area contributed by atoms with Gasteiger partial charge in [-0.2, -0.15) is 18.3 Å². The second kappa shape index (κ2) is 7.45. The topological polar surface area (TPSA) is 99.3 Å². The van der Waals surface area contributed by atoms with Gasteiger partial charge >= 0.3 is 6.18 Å². The van der Waals surface area contributed by atoms with Crippen LogP contribution in [0.25, 0.3) is 22.2 Å². The molecule has 1 aromatic carbocycles. The van der Waals surface area contributed by atoms with Gasteiger partial charge < -0.3 is 10.3 Å². The maximum atomic E-state index is 13.1. The number of benzene rings is 1. The van der Waals surface area contributed by atoms with Gasteiger partial charge in [0, 0.05) is 33.9 Å². The maximum absolute atomic E-state index is 13.1. The van der Waals surface area contributed by atoms with Crippen LogP contribution in [0.2, 0.25) is 5.02 Å². The Morgan fingerprint density at radius 2 is 2.00 bits per heavy atom. The predicted molar refractivity (Wildman–Crippen MR) is 106 cm³/mol. The van der Waals surface area contributed by atoms with Gasteiger partial charge in [-0.15, -0.1) is 0 Å². The Hall–Kier alpha value is -3.40. The fourth-order valence-corrected chi connectivity index (χ4v) is 3.25. The van der Waals surface area contributed by atoms with Crippen LogP contribution < -0.4 is 10.9 Å². The molecule has 1 atom stereocenters. The van der Waals surface area contributed by atoms with Crippen LogP contribution in [0.3, 0.4) is 0 Å². The number of fused-ring (bicyclic) bond motifs is 1. The fraction of sp³-hybridized carbons (Fsp3) is 0.158. The molecule has 3 aromatic heterocycles. The van der Waals surface area contributed by atoms with Crippen LogP contribution >= 0.6 is 11.6 Å². The summed E-state index contributed by atoms with van der Waals surface area (Å²) in [5.74, 6) is 0.0694. The first-order valence-corrected chi connectivity index (χ1v) is 9.13. The molecule has 0 radical (unpaired) electrons. The van der Waals surface area contributed by atoms with Crippen molar-refractivity contribution < 1.29 is 13.2 Å². The molecule has 3 heterocycles. The van der Waals surface area contributed by atoms with Crippen molar-refractivity contribution in [1.29, 1.82) is 0 Å². The first-order valence-electron chi connectivity index (χ1n) is 8.76. The number of alkyl halides is 3. The summed E-state index contributed by atoms with van der Waals surface area (Å²) in [5.41, 5.74) is -0.492. The molecular weight excluding hydrogens is 421 g/mol. The lowest BCUT2D eigenvalue weighted by Gasteiger charge is -2.15. The van der Waals surface area contributed by atoms with Gasteiger partial charge in [-0.1, -0.05) is 11.6 Å². The highest BCUT2D eigenvalue weighted by molar-refractivity contribution is 6.31.